The minimum atomic E-state index is 0.199. The molecule has 0 bridgehead atoms. The highest BCUT2D eigenvalue weighted by atomic mass is 16.2. The predicted molar refractivity (Wildman–Crippen MR) is 98.2 cm³/mol. The summed E-state index contributed by atoms with van der Waals surface area (Å²) in [7, 11) is 3.97. The summed E-state index contributed by atoms with van der Waals surface area (Å²) in [4.78, 5) is 30.2. The summed E-state index contributed by atoms with van der Waals surface area (Å²) in [5.41, 5.74) is 2.82. The first-order chi connectivity index (χ1) is 12.0. The summed E-state index contributed by atoms with van der Waals surface area (Å²) in [6, 6.07) is 5.71. The van der Waals surface area contributed by atoms with E-state index in [0.29, 0.717) is 24.7 Å². The molecule has 0 atom stereocenters. The summed E-state index contributed by atoms with van der Waals surface area (Å²) >= 11 is 0. The highest BCUT2D eigenvalue weighted by Gasteiger charge is 2.26. The number of fused-ring (bicyclic) bond motifs is 1. The number of rotatable bonds is 4. The Morgan fingerprint density at radius 2 is 2.08 bits per heavy atom. The molecular formula is C19H25N5O. The fourth-order valence-corrected chi connectivity index (χ4v) is 3.08. The molecule has 3 rings (SSSR count). The molecule has 0 unspecified atom stereocenters. The fourth-order valence-electron chi connectivity index (χ4n) is 3.08. The monoisotopic (exact) mass is 339 g/mol. The van der Waals surface area contributed by atoms with E-state index < -0.39 is 0 Å². The smallest absolute Gasteiger partial charge is 0.223 e. The Bertz CT molecular complexity index is 758. The summed E-state index contributed by atoms with van der Waals surface area (Å²) in [6.07, 6.45) is 3.11. The molecule has 0 aromatic carbocycles. The molecule has 3 heterocycles. The molecule has 0 saturated heterocycles. The van der Waals surface area contributed by atoms with Crippen molar-refractivity contribution in [3.63, 3.8) is 0 Å². The van der Waals surface area contributed by atoms with Gasteiger partial charge >= 0.3 is 0 Å². The maximum atomic E-state index is 12.5. The second-order valence-electron chi connectivity index (χ2n) is 7.07. The van der Waals surface area contributed by atoms with Gasteiger partial charge in [-0.25, -0.2) is 9.97 Å². The fraction of sp³-hybridized carbons (Fsp3) is 0.474. The number of nitrogens with zero attached hydrogens (tertiary/aromatic N) is 5. The number of pyridine rings is 1. The Morgan fingerprint density at radius 3 is 2.72 bits per heavy atom. The molecule has 1 aliphatic heterocycles. The minimum absolute atomic E-state index is 0.199. The van der Waals surface area contributed by atoms with Gasteiger partial charge in [0.1, 0.15) is 11.5 Å². The number of amides is 1. The molecule has 0 saturated carbocycles. The number of hydrogen-bond donors (Lipinski definition) is 0. The Balaban J connectivity index is 1.97. The van der Waals surface area contributed by atoms with Gasteiger partial charge in [0.15, 0.2) is 5.82 Å². The zero-order valence-corrected chi connectivity index (χ0v) is 15.4. The van der Waals surface area contributed by atoms with Gasteiger partial charge in [0.25, 0.3) is 0 Å². The van der Waals surface area contributed by atoms with Crippen LogP contribution in [0.1, 0.15) is 31.5 Å². The average Bonchev–Trinajstić information content (AvgIpc) is 2.60. The van der Waals surface area contributed by atoms with Crippen LogP contribution in [-0.2, 0) is 17.8 Å². The third-order valence-corrected chi connectivity index (χ3v) is 4.30. The average molecular weight is 339 g/mol. The molecule has 0 radical (unpaired) electrons. The van der Waals surface area contributed by atoms with Gasteiger partial charge in [0.05, 0.1) is 12.2 Å². The Morgan fingerprint density at radius 1 is 1.28 bits per heavy atom. The molecule has 1 amide bonds. The molecule has 132 valence electrons. The summed E-state index contributed by atoms with van der Waals surface area (Å²) in [5, 5.41) is 0. The van der Waals surface area contributed by atoms with E-state index in [-0.39, 0.29) is 5.91 Å². The first-order valence-corrected chi connectivity index (χ1v) is 8.72. The van der Waals surface area contributed by atoms with Crippen LogP contribution in [0, 0.1) is 5.92 Å². The first-order valence-electron chi connectivity index (χ1n) is 8.72. The van der Waals surface area contributed by atoms with E-state index in [1.54, 1.807) is 6.20 Å². The van der Waals surface area contributed by atoms with Gasteiger partial charge in [-0.2, -0.15) is 0 Å². The number of carbonyl (C=O) groups excluding carboxylic acids is 1. The lowest BCUT2D eigenvalue weighted by Gasteiger charge is -2.31. The van der Waals surface area contributed by atoms with Crippen LogP contribution < -0.4 is 4.90 Å². The lowest BCUT2D eigenvalue weighted by atomic mass is 10.0. The van der Waals surface area contributed by atoms with Crippen molar-refractivity contribution in [1.82, 2.24) is 19.9 Å². The van der Waals surface area contributed by atoms with E-state index in [0.717, 1.165) is 35.7 Å². The van der Waals surface area contributed by atoms with Crippen molar-refractivity contribution in [2.75, 3.05) is 25.5 Å². The van der Waals surface area contributed by atoms with Crippen LogP contribution in [0.4, 0.5) is 5.82 Å². The van der Waals surface area contributed by atoms with E-state index in [4.69, 9.17) is 9.97 Å². The van der Waals surface area contributed by atoms with Crippen LogP contribution in [0.2, 0.25) is 0 Å². The van der Waals surface area contributed by atoms with Gasteiger partial charge in [-0.15, -0.1) is 0 Å². The zero-order valence-electron chi connectivity index (χ0n) is 15.4. The van der Waals surface area contributed by atoms with E-state index in [1.807, 2.05) is 42.1 Å². The van der Waals surface area contributed by atoms with Crippen LogP contribution in [0.3, 0.4) is 0 Å². The third-order valence-electron chi connectivity index (χ3n) is 4.30. The molecule has 2 aromatic heterocycles. The molecule has 25 heavy (non-hydrogen) atoms. The highest BCUT2D eigenvalue weighted by molar-refractivity contribution is 5.77. The zero-order chi connectivity index (χ0) is 18.0. The van der Waals surface area contributed by atoms with Crippen LogP contribution >= 0.6 is 0 Å². The maximum absolute atomic E-state index is 12.5. The van der Waals surface area contributed by atoms with Crippen LogP contribution in [0.25, 0.3) is 11.5 Å². The van der Waals surface area contributed by atoms with Crippen LogP contribution in [0.5, 0.6) is 0 Å². The molecule has 6 heteroatoms. The lowest BCUT2D eigenvalue weighted by Crippen LogP contribution is -2.38. The van der Waals surface area contributed by atoms with Crippen molar-refractivity contribution < 1.29 is 4.79 Å². The summed E-state index contributed by atoms with van der Waals surface area (Å²) in [6.45, 7) is 5.42. The largest absolute Gasteiger partial charge is 0.362 e. The Labute approximate surface area is 148 Å². The number of carbonyl (C=O) groups is 1. The summed E-state index contributed by atoms with van der Waals surface area (Å²) in [5.74, 6) is 2.09. The van der Waals surface area contributed by atoms with Gasteiger partial charge in [-0.3, -0.25) is 9.78 Å². The minimum Gasteiger partial charge on any atom is -0.362 e. The molecule has 0 spiro atoms. The molecule has 1 aliphatic rings. The second-order valence-corrected chi connectivity index (χ2v) is 7.07. The van der Waals surface area contributed by atoms with Gasteiger partial charge < -0.3 is 9.80 Å². The van der Waals surface area contributed by atoms with Gasteiger partial charge in [-0.05, 0) is 24.5 Å². The quantitative estimate of drug-likeness (QED) is 0.856. The third kappa shape index (κ3) is 3.78. The number of hydrogen-bond acceptors (Lipinski definition) is 5. The summed E-state index contributed by atoms with van der Waals surface area (Å²) < 4.78 is 0. The second kappa shape index (κ2) is 7.17. The standard InChI is InChI=1S/C19H25N5O/c1-13(2)11-17(25)24-10-8-14-16(12-24)21-18(22-19(14)23(3)4)15-7-5-6-9-20-15/h5-7,9,13H,8,10-12H2,1-4H3. The van der Waals surface area contributed by atoms with E-state index in [9.17, 15) is 4.79 Å². The van der Waals surface area contributed by atoms with Crippen molar-refractivity contribution in [2.45, 2.75) is 33.2 Å². The Kier molecular flexibility index (Phi) is 4.97. The molecule has 2 aromatic rings. The first kappa shape index (κ1) is 17.3. The molecule has 6 nitrogen and oxygen atoms in total. The number of aromatic nitrogens is 3. The van der Waals surface area contributed by atoms with Crippen molar-refractivity contribution in [2.24, 2.45) is 5.92 Å². The molecule has 0 aliphatic carbocycles. The van der Waals surface area contributed by atoms with E-state index in [2.05, 4.69) is 18.8 Å². The van der Waals surface area contributed by atoms with Crippen molar-refractivity contribution in [3.8, 4) is 11.5 Å². The Hall–Kier alpha value is -2.50. The lowest BCUT2D eigenvalue weighted by molar-refractivity contribution is -0.132. The van der Waals surface area contributed by atoms with Gasteiger partial charge in [0, 0.05) is 38.8 Å². The topological polar surface area (TPSA) is 62.2 Å². The predicted octanol–water partition coefficient (Wildman–Crippen LogP) is 2.54. The molecule has 0 fully saturated rings. The van der Waals surface area contributed by atoms with Crippen molar-refractivity contribution >= 4 is 11.7 Å². The van der Waals surface area contributed by atoms with Crippen molar-refractivity contribution in [3.05, 3.63) is 35.7 Å². The molecule has 0 N–H and O–H groups in total. The normalized spacial score (nSPS) is 13.7. The van der Waals surface area contributed by atoms with Crippen LogP contribution in [-0.4, -0.2) is 46.4 Å². The van der Waals surface area contributed by atoms with Gasteiger partial charge in [0.2, 0.25) is 5.91 Å². The van der Waals surface area contributed by atoms with E-state index in [1.165, 1.54) is 0 Å². The van der Waals surface area contributed by atoms with Crippen LogP contribution in [0.15, 0.2) is 24.4 Å². The maximum Gasteiger partial charge on any atom is 0.223 e. The van der Waals surface area contributed by atoms with Gasteiger partial charge in [-0.1, -0.05) is 19.9 Å². The molecular weight excluding hydrogens is 314 g/mol. The SMILES string of the molecule is CC(C)CC(=O)N1CCc2c(nc(-c3ccccn3)nc2N(C)C)C1. The van der Waals surface area contributed by atoms with Crippen molar-refractivity contribution in [1.29, 1.82) is 0 Å². The highest BCUT2D eigenvalue weighted by Crippen LogP contribution is 2.28. The number of anilines is 1. The van der Waals surface area contributed by atoms with E-state index >= 15 is 0 Å².